The third-order valence-electron chi connectivity index (χ3n) is 3.89. The summed E-state index contributed by atoms with van der Waals surface area (Å²) in [6.07, 6.45) is 8.12. The molecule has 2 fully saturated rings. The summed E-state index contributed by atoms with van der Waals surface area (Å²) in [4.78, 5) is 4.33. The van der Waals surface area contributed by atoms with Gasteiger partial charge in [-0.15, -0.1) is 0 Å². The predicted octanol–water partition coefficient (Wildman–Crippen LogP) is 2.63. The van der Waals surface area contributed by atoms with Crippen LogP contribution in [0.15, 0.2) is 4.99 Å². The molecule has 0 saturated heterocycles. The maximum Gasteiger partial charge on any atom is 0.191 e. The number of hydrogen-bond donors (Lipinski definition) is 2. The smallest absolute Gasteiger partial charge is 0.191 e. The van der Waals surface area contributed by atoms with Crippen molar-refractivity contribution in [1.82, 2.24) is 10.6 Å². The summed E-state index contributed by atoms with van der Waals surface area (Å²) in [5, 5.41) is 7.88. The fourth-order valence-electron chi connectivity index (χ4n) is 2.65. The van der Waals surface area contributed by atoms with Crippen LogP contribution < -0.4 is 10.6 Å². The monoisotopic (exact) mass is 269 g/mol. The van der Waals surface area contributed by atoms with E-state index in [1.54, 1.807) is 0 Å². The van der Waals surface area contributed by atoms with Crippen LogP contribution in [0.4, 0.5) is 0 Å². The summed E-state index contributed by atoms with van der Waals surface area (Å²) in [6.45, 7) is 3.33. The van der Waals surface area contributed by atoms with E-state index in [-0.39, 0.29) is 0 Å². The highest BCUT2D eigenvalue weighted by Crippen LogP contribution is 2.31. The van der Waals surface area contributed by atoms with Crippen molar-refractivity contribution in [2.24, 2.45) is 10.9 Å². The van der Waals surface area contributed by atoms with Gasteiger partial charge in [0, 0.05) is 24.9 Å². The van der Waals surface area contributed by atoms with Crippen molar-refractivity contribution >= 4 is 17.7 Å². The second-order valence-electron chi connectivity index (χ2n) is 5.46. The minimum absolute atomic E-state index is 0.626. The van der Waals surface area contributed by atoms with Gasteiger partial charge in [-0.3, -0.25) is 4.99 Å². The topological polar surface area (TPSA) is 36.4 Å². The molecule has 18 heavy (non-hydrogen) atoms. The molecule has 2 aliphatic carbocycles. The molecule has 0 heterocycles. The van der Waals surface area contributed by atoms with Gasteiger partial charge in [-0.2, -0.15) is 11.8 Å². The molecule has 0 spiro atoms. The van der Waals surface area contributed by atoms with Crippen LogP contribution in [-0.2, 0) is 0 Å². The highest BCUT2D eigenvalue weighted by molar-refractivity contribution is 7.99. The Hall–Kier alpha value is -0.380. The van der Waals surface area contributed by atoms with Crippen LogP contribution in [0.2, 0.25) is 0 Å². The second-order valence-corrected chi connectivity index (χ2v) is 7.04. The molecule has 2 aliphatic rings. The summed E-state index contributed by atoms with van der Waals surface area (Å²) < 4.78 is 0. The van der Waals surface area contributed by atoms with Gasteiger partial charge in [-0.05, 0) is 37.4 Å². The summed E-state index contributed by atoms with van der Waals surface area (Å²) in [6, 6.07) is 0.626. The number of rotatable bonds is 6. The molecular weight excluding hydrogens is 242 g/mol. The molecule has 2 N–H and O–H groups in total. The quantitative estimate of drug-likeness (QED) is 0.575. The van der Waals surface area contributed by atoms with Crippen molar-refractivity contribution in [2.45, 2.75) is 56.7 Å². The number of nitrogens with one attached hydrogen (secondary N) is 2. The van der Waals surface area contributed by atoms with E-state index in [0.29, 0.717) is 6.04 Å². The van der Waals surface area contributed by atoms with Gasteiger partial charge in [0.25, 0.3) is 0 Å². The Morgan fingerprint density at radius 1 is 1.28 bits per heavy atom. The lowest BCUT2D eigenvalue weighted by Crippen LogP contribution is -2.42. The molecule has 0 amide bonds. The summed E-state index contributed by atoms with van der Waals surface area (Å²) >= 11 is 2.11. The van der Waals surface area contributed by atoms with Gasteiger partial charge >= 0.3 is 0 Å². The first-order valence-corrected chi connectivity index (χ1v) is 8.45. The molecule has 4 heteroatoms. The maximum absolute atomic E-state index is 4.33. The summed E-state index contributed by atoms with van der Waals surface area (Å²) in [5.74, 6) is 3.24. The highest BCUT2D eigenvalue weighted by atomic mass is 32.2. The van der Waals surface area contributed by atoms with Gasteiger partial charge in [0.1, 0.15) is 0 Å². The Balaban J connectivity index is 1.63. The van der Waals surface area contributed by atoms with E-state index < -0.39 is 0 Å². The first-order valence-electron chi connectivity index (χ1n) is 7.40. The van der Waals surface area contributed by atoms with E-state index in [9.17, 15) is 0 Å². The summed E-state index contributed by atoms with van der Waals surface area (Å²) in [5.41, 5.74) is 0. The molecule has 0 radical (unpaired) electrons. The van der Waals surface area contributed by atoms with Crippen LogP contribution in [0.25, 0.3) is 0 Å². The third kappa shape index (κ3) is 4.71. The van der Waals surface area contributed by atoms with Crippen molar-refractivity contribution < 1.29 is 0 Å². The first-order chi connectivity index (χ1) is 8.81. The van der Waals surface area contributed by atoms with Crippen LogP contribution in [0.5, 0.6) is 0 Å². The second kappa shape index (κ2) is 7.27. The molecule has 104 valence electrons. The maximum atomic E-state index is 4.33. The van der Waals surface area contributed by atoms with Crippen molar-refractivity contribution in [3.8, 4) is 0 Å². The third-order valence-corrected chi connectivity index (χ3v) is 5.13. The van der Waals surface area contributed by atoms with Crippen LogP contribution >= 0.6 is 11.8 Å². The molecule has 2 saturated carbocycles. The van der Waals surface area contributed by atoms with Crippen molar-refractivity contribution in [2.75, 3.05) is 19.3 Å². The Kier molecular flexibility index (Phi) is 5.67. The van der Waals surface area contributed by atoms with Crippen molar-refractivity contribution in [3.05, 3.63) is 0 Å². The largest absolute Gasteiger partial charge is 0.356 e. The Labute approximate surface area is 116 Å². The fraction of sp³-hybridized carbons (Fsp3) is 0.929. The lowest BCUT2D eigenvalue weighted by molar-refractivity contribution is 0.606. The van der Waals surface area contributed by atoms with E-state index in [1.807, 2.05) is 7.05 Å². The Morgan fingerprint density at radius 2 is 2.11 bits per heavy atom. The zero-order valence-corrected chi connectivity index (χ0v) is 12.6. The van der Waals surface area contributed by atoms with Gasteiger partial charge in [-0.25, -0.2) is 0 Å². The van der Waals surface area contributed by atoms with Gasteiger partial charge < -0.3 is 10.6 Å². The summed E-state index contributed by atoms with van der Waals surface area (Å²) in [7, 11) is 1.87. The number of aliphatic imine (C=N–C) groups is 1. The van der Waals surface area contributed by atoms with Gasteiger partial charge in [-0.1, -0.05) is 19.8 Å². The van der Waals surface area contributed by atoms with E-state index in [1.165, 1.54) is 44.3 Å². The molecular formula is C14H27N3S. The SMILES string of the molecule is CCSC1CCC(NC(=NC)NCCC2CC2)C1. The number of nitrogens with zero attached hydrogens (tertiary/aromatic N) is 1. The minimum atomic E-state index is 0.626. The van der Waals surface area contributed by atoms with Gasteiger partial charge in [0.15, 0.2) is 5.96 Å². The molecule has 2 unspecified atom stereocenters. The molecule has 3 nitrogen and oxygen atoms in total. The molecule has 0 aromatic rings. The van der Waals surface area contributed by atoms with E-state index in [2.05, 4.69) is 34.3 Å². The lowest BCUT2D eigenvalue weighted by Gasteiger charge is -2.17. The van der Waals surface area contributed by atoms with Crippen LogP contribution in [-0.4, -0.2) is 36.6 Å². The van der Waals surface area contributed by atoms with Gasteiger partial charge in [0.05, 0.1) is 0 Å². The normalized spacial score (nSPS) is 28.4. The average molecular weight is 269 g/mol. The molecule has 0 aliphatic heterocycles. The van der Waals surface area contributed by atoms with Crippen LogP contribution in [0.3, 0.4) is 0 Å². The number of guanidine groups is 1. The molecule has 2 rings (SSSR count). The fourth-order valence-corrected chi connectivity index (χ4v) is 3.79. The van der Waals surface area contributed by atoms with E-state index in [0.717, 1.165) is 23.7 Å². The van der Waals surface area contributed by atoms with Crippen molar-refractivity contribution in [3.63, 3.8) is 0 Å². The number of thioether (sulfide) groups is 1. The standard InChI is InChI=1S/C14H27N3S/c1-3-18-13-7-6-12(10-13)17-14(15-2)16-9-8-11-4-5-11/h11-13H,3-10H2,1-2H3,(H2,15,16,17). The molecule has 0 aromatic carbocycles. The van der Waals surface area contributed by atoms with Crippen LogP contribution in [0.1, 0.15) is 45.4 Å². The zero-order chi connectivity index (χ0) is 12.8. The average Bonchev–Trinajstić information content (AvgIpc) is 3.09. The van der Waals surface area contributed by atoms with Crippen molar-refractivity contribution in [1.29, 1.82) is 0 Å². The highest BCUT2D eigenvalue weighted by Gasteiger charge is 2.25. The van der Waals surface area contributed by atoms with Gasteiger partial charge in [0.2, 0.25) is 0 Å². The van der Waals surface area contributed by atoms with E-state index >= 15 is 0 Å². The Bertz CT molecular complexity index is 276. The minimum Gasteiger partial charge on any atom is -0.356 e. The molecule has 0 aromatic heterocycles. The predicted molar refractivity (Wildman–Crippen MR) is 81.4 cm³/mol. The van der Waals surface area contributed by atoms with E-state index in [4.69, 9.17) is 0 Å². The number of hydrogen-bond acceptors (Lipinski definition) is 2. The van der Waals surface area contributed by atoms with Crippen LogP contribution in [0, 0.1) is 5.92 Å². The zero-order valence-electron chi connectivity index (χ0n) is 11.7. The molecule has 2 atom stereocenters. The Morgan fingerprint density at radius 3 is 2.78 bits per heavy atom. The molecule has 0 bridgehead atoms. The first kappa shape index (κ1) is 14.0. The lowest BCUT2D eigenvalue weighted by atomic mass is 10.2.